The summed E-state index contributed by atoms with van der Waals surface area (Å²) in [5.74, 6) is -0.150. The predicted octanol–water partition coefficient (Wildman–Crippen LogP) is -1.65. The van der Waals surface area contributed by atoms with Crippen LogP contribution < -0.4 is 16.0 Å². The Bertz CT molecular complexity index is 246. The van der Waals surface area contributed by atoms with E-state index in [9.17, 15) is 9.59 Å². The van der Waals surface area contributed by atoms with Gasteiger partial charge in [-0.1, -0.05) is 0 Å². The highest BCUT2D eigenvalue weighted by atomic mass is 16.2. The highest BCUT2D eigenvalue weighted by molar-refractivity contribution is 5.98. The number of amides is 2. The van der Waals surface area contributed by atoms with E-state index in [-0.39, 0.29) is 18.4 Å². The third-order valence-electron chi connectivity index (χ3n) is 2.61. The summed E-state index contributed by atoms with van der Waals surface area (Å²) in [7, 11) is 0. The van der Waals surface area contributed by atoms with E-state index in [4.69, 9.17) is 0 Å². The Morgan fingerprint density at radius 1 is 1.31 bits per heavy atom. The lowest BCUT2D eigenvalue weighted by molar-refractivity contribution is -0.139. The standard InChI is InChI=1S/C8H13N3O2/c12-6-4-10-7(13)8(11-6)2-1-3-9-5-8/h9H,1-5H2,(H,10,13)(H,11,12). The van der Waals surface area contributed by atoms with Gasteiger partial charge in [-0.2, -0.15) is 0 Å². The fourth-order valence-electron chi connectivity index (χ4n) is 1.90. The van der Waals surface area contributed by atoms with Crippen LogP contribution in [0.4, 0.5) is 0 Å². The van der Waals surface area contributed by atoms with Gasteiger partial charge in [-0.3, -0.25) is 9.59 Å². The zero-order chi connectivity index (χ0) is 9.31. The molecule has 0 aromatic carbocycles. The number of hydrogen-bond acceptors (Lipinski definition) is 3. The van der Waals surface area contributed by atoms with Gasteiger partial charge in [0, 0.05) is 6.54 Å². The van der Waals surface area contributed by atoms with Crippen molar-refractivity contribution in [3.05, 3.63) is 0 Å². The molecule has 2 saturated heterocycles. The van der Waals surface area contributed by atoms with Gasteiger partial charge < -0.3 is 16.0 Å². The highest BCUT2D eigenvalue weighted by Gasteiger charge is 2.43. The normalized spacial score (nSPS) is 34.2. The largest absolute Gasteiger partial charge is 0.345 e. The van der Waals surface area contributed by atoms with Crippen LogP contribution in [0.2, 0.25) is 0 Å². The maximum Gasteiger partial charge on any atom is 0.247 e. The molecule has 1 atom stereocenters. The number of carbonyl (C=O) groups is 2. The molecule has 5 nitrogen and oxygen atoms in total. The van der Waals surface area contributed by atoms with E-state index in [2.05, 4.69) is 16.0 Å². The van der Waals surface area contributed by atoms with Gasteiger partial charge in [0.05, 0.1) is 6.54 Å². The van der Waals surface area contributed by atoms with Crippen molar-refractivity contribution in [2.45, 2.75) is 18.4 Å². The second kappa shape index (κ2) is 2.99. The summed E-state index contributed by atoms with van der Waals surface area (Å²) in [5.41, 5.74) is -0.673. The van der Waals surface area contributed by atoms with Crippen LogP contribution in [0.25, 0.3) is 0 Å². The van der Waals surface area contributed by atoms with Crippen molar-refractivity contribution in [3.63, 3.8) is 0 Å². The van der Waals surface area contributed by atoms with Gasteiger partial charge in [0.1, 0.15) is 5.54 Å². The Labute approximate surface area is 76.3 Å². The van der Waals surface area contributed by atoms with Crippen LogP contribution in [-0.2, 0) is 9.59 Å². The summed E-state index contributed by atoms with van der Waals surface area (Å²) in [6.45, 7) is 1.58. The molecular weight excluding hydrogens is 170 g/mol. The van der Waals surface area contributed by atoms with Crippen molar-refractivity contribution in [3.8, 4) is 0 Å². The van der Waals surface area contributed by atoms with E-state index in [1.807, 2.05) is 0 Å². The van der Waals surface area contributed by atoms with Gasteiger partial charge >= 0.3 is 0 Å². The van der Waals surface area contributed by atoms with E-state index < -0.39 is 5.54 Å². The summed E-state index contributed by atoms with van der Waals surface area (Å²) in [6.07, 6.45) is 1.66. The maximum atomic E-state index is 11.6. The molecule has 0 saturated carbocycles. The van der Waals surface area contributed by atoms with Crippen LogP contribution in [0.5, 0.6) is 0 Å². The van der Waals surface area contributed by atoms with E-state index in [1.54, 1.807) is 0 Å². The Balaban J connectivity index is 2.16. The van der Waals surface area contributed by atoms with Gasteiger partial charge in [0.25, 0.3) is 0 Å². The third-order valence-corrected chi connectivity index (χ3v) is 2.61. The first kappa shape index (κ1) is 8.50. The number of carbonyl (C=O) groups excluding carboxylic acids is 2. The highest BCUT2D eigenvalue weighted by Crippen LogP contribution is 2.17. The van der Waals surface area contributed by atoms with Crippen molar-refractivity contribution in [2.24, 2.45) is 0 Å². The summed E-state index contributed by atoms with van der Waals surface area (Å²) in [6, 6.07) is 0. The molecule has 0 radical (unpaired) electrons. The Hall–Kier alpha value is -1.10. The quantitative estimate of drug-likeness (QED) is 0.421. The molecule has 2 heterocycles. The molecule has 5 heteroatoms. The molecule has 2 aliphatic heterocycles. The summed E-state index contributed by atoms with van der Waals surface area (Å²) in [4.78, 5) is 22.7. The molecule has 13 heavy (non-hydrogen) atoms. The lowest BCUT2D eigenvalue weighted by Gasteiger charge is -2.39. The van der Waals surface area contributed by atoms with E-state index >= 15 is 0 Å². The molecule has 2 rings (SSSR count). The fraction of sp³-hybridized carbons (Fsp3) is 0.750. The van der Waals surface area contributed by atoms with E-state index in [0.717, 1.165) is 19.4 Å². The molecule has 0 bridgehead atoms. The van der Waals surface area contributed by atoms with Gasteiger partial charge in [0.15, 0.2) is 0 Å². The van der Waals surface area contributed by atoms with Crippen molar-refractivity contribution in [1.29, 1.82) is 0 Å². The van der Waals surface area contributed by atoms with Gasteiger partial charge in [-0.05, 0) is 19.4 Å². The van der Waals surface area contributed by atoms with Gasteiger partial charge in [-0.15, -0.1) is 0 Å². The summed E-state index contributed by atoms with van der Waals surface area (Å²) >= 11 is 0. The molecule has 72 valence electrons. The van der Waals surface area contributed by atoms with E-state index in [1.165, 1.54) is 0 Å². The molecule has 1 spiro atoms. The Morgan fingerprint density at radius 3 is 2.85 bits per heavy atom. The van der Waals surface area contributed by atoms with Crippen LogP contribution in [0.3, 0.4) is 0 Å². The van der Waals surface area contributed by atoms with Crippen LogP contribution in [-0.4, -0.2) is 37.0 Å². The second-order valence-electron chi connectivity index (χ2n) is 3.59. The minimum Gasteiger partial charge on any atom is -0.345 e. The third kappa shape index (κ3) is 1.39. The predicted molar refractivity (Wildman–Crippen MR) is 46.0 cm³/mol. The van der Waals surface area contributed by atoms with Gasteiger partial charge in [0.2, 0.25) is 11.8 Å². The van der Waals surface area contributed by atoms with Crippen LogP contribution in [0.15, 0.2) is 0 Å². The average Bonchev–Trinajstić information content (AvgIpc) is 2.14. The smallest absolute Gasteiger partial charge is 0.247 e. The fourth-order valence-corrected chi connectivity index (χ4v) is 1.90. The molecular formula is C8H13N3O2. The second-order valence-corrected chi connectivity index (χ2v) is 3.59. The number of nitrogens with one attached hydrogen (secondary N) is 3. The number of piperazine rings is 1. The zero-order valence-electron chi connectivity index (χ0n) is 7.35. The minimum absolute atomic E-state index is 0.0562. The number of rotatable bonds is 0. The lowest BCUT2D eigenvalue weighted by atomic mass is 9.87. The van der Waals surface area contributed by atoms with Crippen molar-refractivity contribution in [1.82, 2.24) is 16.0 Å². The first-order valence-corrected chi connectivity index (χ1v) is 4.53. The molecule has 2 aliphatic rings. The Kier molecular flexibility index (Phi) is 1.95. The van der Waals surface area contributed by atoms with Crippen molar-refractivity contribution < 1.29 is 9.59 Å². The first-order chi connectivity index (χ1) is 6.23. The SMILES string of the molecule is O=C1CNC(=O)C2(CCCNC2)N1. The number of piperidine rings is 1. The van der Waals surface area contributed by atoms with Crippen LogP contribution in [0.1, 0.15) is 12.8 Å². The molecule has 0 aromatic heterocycles. The Morgan fingerprint density at radius 2 is 2.15 bits per heavy atom. The molecule has 0 aliphatic carbocycles. The lowest BCUT2D eigenvalue weighted by Crippen LogP contribution is -2.70. The summed E-state index contributed by atoms with van der Waals surface area (Å²) in [5, 5.41) is 8.49. The molecule has 2 fully saturated rings. The molecule has 1 unspecified atom stereocenters. The first-order valence-electron chi connectivity index (χ1n) is 4.53. The van der Waals surface area contributed by atoms with Crippen molar-refractivity contribution in [2.75, 3.05) is 19.6 Å². The topological polar surface area (TPSA) is 70.2 Å². The van der Waals surface area contributed by atoms with Crippen LogP contribution in [0, 0.1) is 0 Å². The molecule has 2 amide bonds. The van der Waals surface area contributed by atoms with Crippen LogP contribution >= 0.6 is 0 Å². The van der Waals surface area contributed by atoms with E-state index in [0.29, 0.717) is 6.54 Å². The number of hydrogen-bond donors (Lipinski definition) is 3. The minimum atomic E-state index is -0.673. The zero-order valence-corrected chi connectivity index (χ0v) is 7.35. The monoisotopic (exact) mass is 183 g/mol. The molecule has 0 aromatic rings. The maximum absolute atomic E-state index is 11.6. The van der Waals surface area contributed by atoms with Crippen molar-refractivity contribution >= 4 is 11.8 Å². The van der Waals surface area contributed by atoms with Gasteiger partial charge in [-0.25, -0.2) is 0 Å². The molecule has 3 N–H and O–H groups in total. The average molecular weight is 183 g/mol. The summed E-state index contributed by atoms with van der Waals surface area (Å²) < 4.78 is 0.